The first-order chi connectivity index (χ1) is 5.99. The lowest BCUT2D eigenvalue weighted by molar-refractivity contribution is -0.146. The van der Waals surface area contributed by atoms with E-state index in [0.29, 0.717) is 6.42 Å². The fourth-order valence-electron chi connectivity index (χ4n) is 0.601. The van der Waals surface area contributed by atoms with Gasteiger partial charge in [-0.3, -0.25) is 4.79 Å². The number of amides is 1. The van der Waals surface area contributed by atoms with Gasteiger partial charge in [0.15, 0.2) is 6.10 Å². The van der Waals surface area contributed by atoms with E-state index in [4.69, 9.17) is 15.9 Å². The number of carboxylic acids is 1. The topological polar surface area (TPSA) is 113 Å². The zero-order chi connectivity index (χ0) is 10.4. The van der Waals surface area contributed by atoms with Gasteiger partial charge in [0.25, 0.3) is 0 Å². The van der Waals surface area contributed by atoms with Crippen molar-refractivity contribution in [1.82, 2.24) is 5.32 Å². The number of hydrogen-bond acceptors (Lipinski definition) is 4. The number of carbonyl (C=O) groups is 2. The lowest BCUT2D eigenvalue weighted by Gasteiger charge is -2.11. The Morgan fingerprint density at radius 1 is 1.54 bits per heavy atom. The summed E-state index contributed by atoms with van der Waals surface area (Å²) < 4.78 is 0. The fraction of sp³-hybridized carbons (Fsp3) is 0.714. The number of aliphatic carboxylic acids is 1. The van der Waals surface area contributed by atoms with Crippen LogP contribution in [0.4, 0.5) is 0 Å². The number of rotatable bonds is 5. The molecule has 2 atom stereocenters. The van der Waals surface area contributed by atoms with Crippen LogP contribution >= 0.6 is 0 Å². The monoisotopic (exact) mass is 190 g/mol. The van der Waals surface area contributed by atoms with Crippen LogP contribution in [-0.4, -0.2) is 40.8 Å². The number of carbonyl (C=O) groups excluding carboxylic acids is 1. The molecule has 0 aliphatic rings. The standard InChI is InChI=1S/C7H14N2O4/c1-2-4(8)6(11)9-3-5(10)7(12)13/h4-5,10H,2-3,8H2,1H3,(H,9,11)(H,12,13)/t4?,5-/m0/s1. The Morgan fingerprint density at radius 3 is 2.46 bits per heavy atom. The molecule has 1 amide bonds. The lowest BCUT2D eigenvalue weighted by Crippen LogP contribution is -2.44. The third-order valence-corrected chi connectivity index (χ3v) is 1.53. The number of aliphatic hydroxyl groups is 1. The first-order valence-corrected chi connectivity index (χ1v) is 3.93. The third kappa shape index (κ3) is 4.44. The van der Waals surface area contributed by atoms with E-state index in [1.807, 2.05) is 0 Å². The summed E-state index contributed by atoms with van der Waals surface area (Å²) in [6.07, 6.45) is -1.11. The largest absolute Gasteiger partial charge is 0.479 e. The molecule has 0 aromatic rings. The quantitative estimate of drug-likeness (QED) is 0.412. The van der Waals surface area contributed by atoms with E-state index in [1.54, 1.807) is 6.92 Å². The highest BCUT2D eigenvalue weighted by Crippen LogP contribution is 1.86. The minimum absolute atomic E-state index is 0.318. The van der Waals surface area contributed by atoms with Crippen LogP contribution < -0.4 is 11.1 Å². The van der Waals surface area contributed by atoms with Crippen LogP contribution in [0, 0.1) is 0 Å². The smallest absolute Gasteiger partial charge is 0.334 e. The average molecular weight is 190 g/mol. The van der Waals surface area contributed by atoms with Crippen molar-refractivity contribution >= 4 is 11.9 Å². The van der Waals surface area contributed by atoms with Gasteiger partial charge in [0.2, 0.25) is 5.91 Å². The van der Waals surface area contributed by atoms with Crippen molar-refractivity contribution in [2.75, 3.05) is 6.54 Å². The molecule has 0 aromatic carbocycles. The van der Waals surface area contributed by atoms with Gasteiger partial charge in [-0.05, 0) is 6.42 Å². The van der Waals surface area contributed by atoms with Crippen molar-refractivity contribution in [2.24, 2.45) is 5.73 Å². The molecular formula is C7H14N2O4. The van der Waals surface area contributed by atoms with E-state index in [-0.39, 0.29) is 6.54 Å². The molecule has 0 aliphatic heterocycles. The van der Waals surface area contributed by atoms with Gasteiger partial charge in [-0.15, -0.1) is 0 Å². The maximum atomic E-state index is 11.0. The molecule has 1 unspecified atom stereocenters. The second-order valence-electron chi connectivity index (χ2n) is 2.61. The Hall–Kier alpha value is -1.14. The molecule has 0 saturated carbocycles. The van der Waals surface area contributed by atoms with Gasteiger partial charge in [-0.2, -0.15) is 0 Å². The third-order valence-electron chi connectivity index (χ3n) is 1.53. The minimum atomic E-state index is -1.58. The maximum absolute atomic E-state index is 11.0. The normalized spacial score (nSPS) is 14.7. The molecule has 5 N–H and O–H groups in total. The highest BCUT2D eigenvalue weighted by Gasteiger charge is 2.16. The number of nitrogens with one attached hydrogen (secondary N) is 1. The van der Waals surface area contributed by atoms with E-state index < -0.39 is 24.0 Å². The second kappa shape index (κ2) is 5.50. The summed E-state index contributed by atoms with van der Waals surface area (Å²) in [7, 11) is 0. The van der Waals surface area contributed by atoms with Crippen molar-refractivity contribution in [3.05, 3.63) is 0 Å². The van der Waals surface area contributed by atoms with Crippen molar-refractivity contribution in [2.45, 2.75) is 25.5 Å². The molecular weight excluding hydrogens is 176 g/mol. The van der Waals surface area contributed by atoms with Crippen molar-refractivity contribution in [3.63, 3.8) is 0 Å². The predicted molar refractivity (Wildman–Crippen MR) is 44.9 cm³/mol. The molecule has 0 aliphatic carbocycles. The molecule has 6 nitrogen and oxygen atoms in total. The molecule has 0 spiro atoms. The average Bonchev–Trinajstić information content (AvgIpc) is 2.11. The Labute approximate surface area is 75.7 Å². The van der Waals surface area contributed by atoms with Crippen LogP contribution in [0.2, 0.25) is 0 Å². The van der Waals surface area contributed by atoms with Gasteiger partial charge in [-0.25, -0.2) is 4.79 Å². The summed E-state index contributed by atoms with van der Waals surface area (Å²) in [6.45, 7) is 1.42. The lowest BCUT2D eigenvalue weighted by atomic mass is 10.2. The molecule has 0 heterocycles. The number of nitrogens with two attached hydrogens (primary N) is 1. The summed E-state index contributed by atoms with van der Waals surface area (Å²) in [5.41, 5.74) is 5.34. The van der Waals surface area contributed by atoms with Gasteiger partial charge in [0, 0.05) is 0 Å². The zero-order valence-electron chi connectivity index (χ0n) is 7.36. The van der Waals surface area contributed by atoms with Crippen molar-refractivity contribution in [3.8, 4) is 0 Å². The molecule has 76 valence electrons. The Balaban J connectivity index is 3.76. The van der Waals surface area contributed by atoms with Crippen LogP contribution in [0.3, 0.4) is 0 Å². The van der Waals surface area contributed by atoms with Crippen LogP contribution in [-0.2, 0) is 9.59 Å². The molecule has 0 rings (SSSR count). The highest BCUT2D eigenvalue weighted by atomic mass is 16.4. The van der Waals surface area contributed by atoms with Crippen LogP contribution in [0.25, 0.3) is 0 Å². The van der Waals surface area contributed by atoms with E-state index in [0.717, 1.165) is 0 Å². The molecule has 0 bridgehead atoms. The minimum Gasteiger partial charge on any atom is -0.479 e. The summed E-state index contributed by atoms with van der Waals surface area (Å²) in [5, 5.41) is 19.3. The first kappa shape index (κ1) is 11.9. The number of aliphatic hydroxyl groups excluding tert-OH is 1. The molecule has 0 aromatic heterocycles. The van der Waals surface area contributed by atoms with Gasteiger partial charge < -0.3 is 21.3 Å². The Kier molecular flexibility index (Phi) is 5.01. The van der Waals surface area contributed by atoms with Crippen molar-refractivity contribution in [1.29, 1.82) is 0 Å². The molecule has 0 radical (unpaired) electrons. The molecule has 6 heteroatoms. The van der Waals surface area contributed by atoms with Crippen LogP contribution in [0.15, 0.2) is 0 Å². The summed E-state index contributed by atoms with van der Waals surface area (Å²) in [4.78, 5) is 21.1. The maximum Gasteiger partial charge on any atom is 0.334 e. The van der Waals surface area contributed by atoms with Crippen molar-refractivity contribution < 1.29 is 19.8 Å². The Morgan fingerprint density at radius 2 is 2.08 bits per heavy atom. The van der Waals surface area contributed by atoms with Gasteiger partial charge in [0.1, 0.15) is 0 Å². The van der Waals surface area contributed by atoms with Gasteiger partial charge >= 0.3 is 5.97 Å². The predicted octanol–water partition coefficient (Wildman–Crippen LogP) is -1.71. The van der Waals surface area contributed by atoms with E-state index >= 15 is 0 Å². The number of hydrogen-bond donors (Lipinski definition) is 4. The van der Waals surface area contributed by atoms with Gasteiger partial charge in [-0.1, -0.05) is 6.92 Å². The highest BCUT2D eigenvalue weighted by molar-refractivity contribution is 5.82. The number of carboxylic acid groups (broad SMARTS) is 1. The van der Waals surface area contributed by atoms with Gasteiger partial charge in [0.05, 0.1) is 12.6 Å². The van der Waals surface area contributed by atoms with E-state index in [9.17, 15) is 9.59 Å². The Bertz CT molecular complexity index is 195. The second-order valence-corrected chi connectivity index (χ2v) is 2.61. The molecule has 0 fully saturated rings. The van der Waals surface area contributed by atoms with E-state index in [2.05, 4.69) is 5.32 Å². The molecule has 0 saturated heterocycles. The van der Waals surface area contributed by atoms with Crippen LogP contribution in [0.5, 0.6) is 0 Å². The first-order valence-electron chi connectivity index (χ1n) is 3.93. The SMILES string of the molecule is CCC(N)C(=O)NC[C@H](O)C(=O)O. The molecule has 13 heavy (non-hydrogen) atoms. The zero-order valence-corrected chi connectivity index (χ0v) is 7.36. The summed E-state index contributed by atoms with van der Waals surface area (Å²) in [6, 6.07) is -0.652. The van der Waals surface area contributed by atoms with E-state index in [1.165, 1.54) is 0 Å². The summed E-state index contributed by atoms with van der Waals surface area (Å²) in [5.74, 6) is -1.83. The fourth-order valence-corrected chi connectivity index (χ4v) is 0.601. The van der Waals surface area contributed by atoms with Crippen LogP contribution in [0.1, 0.15) is 13.3 Å². The summed E-state index contributed by atoms with van der Waals surface area (Å²) >= 11 is 0.